The van der Waals surface area contributed by atoms with E-state index in [-0.39, 0.29) is 18.4 Å². The van der Waals surface area contributed by atoms with Crippen LogP contribution in [0, 0.1) is 12.8 Å². The number of amides is 1. The highest BCUT2D eigenvalue weighted by Gasteiger charge is 2.21. The molecule has 7 heteroatoms. The Balaban J connectivity index is 2.45. The molecule has 2 N–H and O–H groups in total. The highest BCUT2D eigenvalue weighted by atomic mass is 16.5. The molecule has 0 aromatic carbocycles. The zero-order valence-electron chi connectivity index (χ0n) is 12.2. The molecule has 1 unspecified atom stereocenters. The van der Waals surface area contributed by atoms with E-state index in [2.05, 4.69) is 15.8 Å². The standard InChI is InChI=1S/C13H21N3O4/c1-8(2)5-10(13(18)19-4)14-7-12(17)15-11-6-9(3)20-16-11/h6,8,10,14H,5,7H2,1-4H3,(H,15,16,17). The summed E-state index contributed by atoms with van der Waals surface area (Å²) in [6.07, 6.45) is 0.600. The van der Waals surface area contributed by atoms with Crippen LogP contribution in [0.25, 0.3) is 0 Å². The summed E-state index contributed by atoms with van der Waals surface area (Å²) >= 11 is 0. The van der Waals surface area contributed by atoms with E-state index >= 15 is 0 Å². The Kier molecular flexibility index (Phi) is 6.17. The fourth-order valence-corrected chi connectivity index (χ4v) is 1.70. The molecule has 1 atom stereocenters. The van der Waals surface area contributed by atoms with E-state index in [1.807, 2.05) is 13.8 Å². The fourth-order valence-electron chi connectivity index (χ4n) is 1.70. The molecule has 0 saturated heterocycles. The van der Waals surface area contributed by atoms with Crippen molar-refractivity contribution in [3.8, 4) is 0 Å². The van der Waals surface area contributed by atoms with Crippen molar-refractivity contribution in [1.29, 1.82) is 0 Å². The van der Waals surface area contributed by atoms with E-state index in [1.54, 1.807) is 13.0 Å². The minimum atomic E-state index is -0.496. The van der Waals surface area contributed by atoms with Gasteiger partial charge in [0.2, 0.25) is 5.91 Å². The summed E-state index contributed by atoms with van der Waals surface area (Å²) in [4.78, 5) is 23.3. The Morgan fingerprint density at radius 1 is 1.45 bits per heavy atom. The number of hydrogen-bond donors (Lipinski definition) is 2. The molecule has 0 radical (unpaired) electrons. The number of aryl methyl sites for hydroxylation is 1. The maximum atomic E-state index is 11.7. The monoisotopic (exact) mass is 283 g/mol. The zero-order chi connectivity index (χ0) is 15.1. The summed E-state index contributed by atoms with van der Waals surface area (Å²) in [5.74, 6) is 0.612. The molecule has 1 aromatic heterocycles. The van der Waals surface area contributed by atoms with Gasteiger partial charge < -0.3 is 14.6 Å². The quantitative estimate of drug-likeness (QED) is 0.728. The first kappa shape index (κ1) is 16.2. The van der Waals surface area contributed by atoms with Crippen LogP contribution in [0.15, 0.2) is 10.6 Å². The van der Waals surface area contributed by atoms with Crippen molar-refractivity contribution in [3.63, 3.8) is 0 Å². The van der Waals surface area contributed by atoms with Crippen molar-refractivity contribution < 1.29 is 18.8 Å². The van der Waals surface area contributed by atoms with E-state index in [0.29, 0.717) is 23.9 Å². The average Bonchev–Trinajstić information content (AvgIpc) is 2.78. The lowest BCUT2D eigenvalue weighted by molar-refractivity contribution is -0.143. The number of nitrogens with one attached hydrogen (secondary N) is 2. The molecule has 1 amide bonds. The van der Waals surface area contributed by atoms with Crippen LogP contribution >= 0.6 is 0 Å². The first-order valence-corrected chi connectivity index (χ1v) is 6.46. The summed E-state index contributed by atoms with van der Waals surface area (Å²) in [5, 5.41) is 9.11. The van der Waals surface area contributed by atoms with E-state index in [1.165, 1.54) is 7.11 Å². The van der Waals surface area contributed by atoms with Crippen LogP contribution in [0.5, 0.6) is 0 Å². The summed E-state index contributed by atoms with van der Waals surface area (Å²) in [6.45, 7) is 5.72. The van der Waals surface area contributed by atoms with Crippen LogP contribution in [0.3, 0.4) is 0 Å². The smallest absolute Gasteiger partial charge is 0.322 e. The van der Waals surface area contributed by atoms with Crippen molar-refractivity contribution in [1.82, 2.24) is 10.5 Å². The molecule has 0 aliphatic heterocycles. The number of hydrogen-bond acceptors (Lipinski definition) is 6. The van der Waals surface area contributed by atoms with Crippen molar-refractivity contribution >= 4 is 17.7 Å². The third-order valence-electron chi connectivity index (χ3n) is 2.60. The Labute approximate surface area is 118 Å². The largest absolute Gasteiger partial charge is 0.468 e. The fraction of sp³-hybridized carbons (Fsp3) is 0.615. The molecule has 1 rings (SSSR count). The number of esters is 1. The van der Waals surface area contributed by atoms with Gasteiger partial charge >= 0.3 is 5.97 Å². The Hall–Kier alpha value is -1.89. The summed E-state index contributed by atoms with van der Waals surface area (Å²) in [7, 11) is 1.33. The van der Waals surface area contributed by atoms with Crippen LogP contribution < -0.4 is 10.6 Å². The number of aromatic nitrogens is 1. The van der Waals surface area contributed by atoms with Gasteiger partial charge in [-0.3, -0.25) is 14.9 Å². The molecule has 0 spiro atoms. The molecule has 0 aliphatic rings. The minimum absolute atomic E-state index is 0.00159. The van der Waals surface area contributed by atoms with Gasteiger partial charge in [-0.2, -0.15) is 0 Å². The Morgan fingerprint density at radius 3 is 2.65 bits per heavy atom. The average molecular weight is 283 g/mol. The van der Waals surface area contributed by atoms with E-state index in [4.69, 9.17) is 9.26 Å². The zero-order valence-corrected chi connectivity index (χ0v) is 12.2. The first-order valence-electron chi connectivity index (χ1n) is 6.46. The van der Waals surface area contributed by atoms with E-state index < -0.39 is 6.04 Å². The number of carbonyl (C=O) groups is 2. The van der Waals surface area contributed by atoms with Crippen LogP contribution in [0.2, 0.25) is 0 Å². The van der Waals surface area contributed by atoms with Gasteiger partial charge in [-0.1, -0.05) is 19.0 Å². The van der Waals surface area contributed by atoms with Gasteiger partial charge in [0.25, 0.3) is 0 Å². The molecule has 0 aliphatic carbocycles. The van der Waals surface area contributed by atoms with Gasteiger partial charge in [-0.25, -0.2) is 0 Å². The lowest BCUT2D eigenvalue weighted by atomic mass is 10.0. The van der Waals surface area contributed by atoms with Gasteiger partial charge in [0, 0.05) is 6.07 Å². The van der Waals surface area contributed by atoms with Gasteiger partial charge in [0.1, 0.15) is 11.8 Å². The van der Waals surface area contributed by atoms with Crippen LogP contribution in [0.1, 0.15) is 26.0 Å². The molecular weight excluding hydrogens is 262 g/mol. The lowest BCUT2D eigenvalue weighted by Crippen LogP contribution is -2.42. The maximum Gasteiger partial charge on any atom is 0.322 e. The summed E-state index contributed by atoms with van der Waals surface area (Å²) in [6, 6.07) is 1.12. The van der Waals surface area contributed by atoms with Gasteiger partial charge in [-0.15, -0.1) is 0 Å². The topological polar surface area (TPSA) is 93.5 Å². The van der Waals surface area contributed by atoms with E-state index in [9.17, 15) is 9.59 Å². The Morgan fingerprint density at radius 2 is 2.15 bits per heavy atom. The van der Waals surface area contributed by atoms with Crippen molar-refractivity contribution in [3.05, 3.63) is 11.8 Å². The van der Waals surface area contributed by atoms with Crippen molar-refractivity contribution in [2.75, 3.05) is 19.0 Å². The van der Waals surface area contributed by atoms with Crippen LogP contribution in [-0.2, 0) is 14.3 Å². The molecule has 0 saturated carbocycles. The number of anilines is 1. The van der Waals surface area contributed by atoms with Gasteiger partial charge in [0.05, 0.1) is 13.7 Å². The van der Waals surface area contributed by atoms with Gasteiger partial charge in [0.15, 0.2) is 5.82 Å². The SMILES string of the molecule is COC(=O)C(CC(C)C)NCC(=O)Nc1cc(C)on1. The molecule has 112 valence electrons. The molecule has 1 heterocycles. The highest BCUT2D eigenvalue weighted by Crippen LogP contribution is 2.08. The van der Waals surface area contributed by atoms with E-state index in [0.717, 1.165) is 0 Å². The highest BCUT2D eigenvalue weighted by molar-refractivity contribution is 5.91. The van der Waals surface area contributed by atoms with Crippen LogP contribution in [-0.4, -0.2) is 36.7 Å². The van der Waals surface area contributed by atoms with Crippen molar-refractivity contribution in [2.45, 2.75) is 33.2 Å². The summed E-state index contributed by atoms with van der Waals surface area (Å²) in [5.41, 5.74) is 0. The normalized spacial score (nSPS) is 12.2. The van der Waals surface area contributed by atoms with Crippen molar-refractivity contribution in [2.24, 2.45) is 5.92 Å². The number of methoxy groups -OCH3 is 1. The first-order chi connectivity index (χ1) is 9.42. The summed E-state index contributed by atoms with van der Waals surface area (Å²) < 4.78 is 9.55. The number of rotatable bonds is 7. The minimum Gasteiger partial charge on any atom is -0.468 e. The predicted molar refractivity (Wildman–Crippen MR) is 73.1 cm³/mol. The second-order valence-corrected chi connectivity index (χ2v) is 4.96. The third-order valence-corrected chi connectivity index (χ3v) is 2.60. The number of carbonyl (C=O) groups excluding carboxylic acids is 2. The second-order valence-electron chi connectivity index (χ2n) is 4.96. The number of ether oxygens (including phenoxy) is 1. The second kappa shape index (κ2) is 7.64. The third kappa shape index (κ3) is 5.40. The molecule has 7 nitrogen and oxygen atoms in total. The molecule has 0 bridgehead atoms. The Bertz CT molecular complexity index is 456. The molecular formula is C13H21N3O4. The lowest BCUT2D eigenvalue weighted by Gasteiger charge is -2.17. The molecule has 20 heavy (non-hydrogen) atoms. The number of nitrogens with zero attached hydrogens (tertiary/aromatic N) is 1. The maximum absolute atomic E-state index is 11.7. The molecule has 1 aromatic rings. The predicted octanol–water partition coefficient (Wildman–Crippen LogP) is 1.10. The van der Waals surface area contributed by atoms with Gasteiger partial charge in [-0.05, 0) is 19.3 Å². The van der Waals surface area contributed by atoms with Crippen LogP contribution in [0.4, 0.5) is 5.82 Å². The molecule has 0 fully saturated rings.